The summed E-state index contributed by atoms with van der Waals surface area (Å²) in [5.41, 5.74) is 0. The van der Waals surface area contributed by atoms with E-state index in [1.165, 1.54) is 16.7 Å². The number of rotatable bonds is 53. The minimum absolute atomic E-state index is 0.00274. The van der Waals surface area contributed by atoms with E-state index in [1.54, 1.807) is 49.8 Å². The number of carbonyl (C=O) groups is 4. The van der Waals surface area contributed by atoms with Crippen LogP contribution in [0.2, 0.25) is 0 Å². The third-order valence-corrected chi connectivity index (χ3v) is 22.4. The summed E-state index contributed by atoms with van der Waals surface area (Å²) in [5.74, 6) is 0.214. The molecule has 6 rings (SSSR count). The fourth-order valence-electron chi connectivity index (χ4n) is 14.9. The van der Waals surface area contributed by atoms with Gasteiger partial charge in [-0.15, -0.1) is 11.8 Å². The number of hydrogen-bond donors (Lipinski definition) is 1. The second-order valence-electron chi connectivity index (χ2n) is 28.2. The molecule has 0 aromatic carbocycles. The van der Waals surface area contributed by atoms with E-state index in [-0.39, 0.29) is 122 Å². The zero-order chi connectivity index (χ0) is 76.4. The predicted molar refractivity (Wildman–Crippen MR) is 387 cm³/mol. The van der Waals surface area contributed by atoms with Crippen molar-refractivity contribution in [3.8, 4) is 0 Å². The molecule has 0 aromatic heterocycles. The van der Waals surface area contributed by atoms with Crippen LogP contribution in [0.25, 0.3) is 0 Å². The number of imide groups is 1. The molecule has 105 heavy (non-hydrogen) atoms. The van der Waals surface area contributed by atoms with Gasteiger partial charge in [0.25, 0.3) is 0 Å². The van der Waals surface area contributed by atoms with Gasteiger partial charge in [0.15, 0.2) is 25.2 Å². The van der Waals surface area contributed by atoms with Crippen molar-refractivity contribution in [2.75, 3.05) is 168 Å². The summed E-state index contributed by atoms with van der Waals surface area (Å²) >= 11 is 1.42. The Labute approximate surface area is 629 Å². The van der Waals surface area contributed by atoms with Gasteiger partial charge in [0.1, 0.15) is 61.2 Å². The molecule has 1 unspecified atom stereocenters. The lowest BCUT2D eigenvalue weighted by molar-refractivity contribution is -0.369. The van der Waals surface area contributed by atoms with Crippen molar-refractivity contribution in [3.63, 3.8) is 0 Å². The number of carbonyl (C=O) groups excluding carboxylic acids is 4. The maximum absolute atomic E-state index is 12.7. The highest BCUT2D eigenvalue weighted by Gasteiger charge is 2.56. The van der Waals surface area contributed by atoms with Gasteiger partial charge in [-0.25, -0.2) is 0 Å². The fraction of sp³-hybridized carbons (Fsp3) is 0.947. The van der Waals surface area contributed by atoms with Crippen molar-refractivity contribution in [1.82, 2.24) is 10.2 Å². The van der Waals surface area contributed by atoms with E-state index >= 15 is 0 Å². The maximum atomic E-state index is 12.7. The number of nitrogens with zero attached hydrogens (tertiary/aromatic N) is 1. The van der Waals surface area contributed by atoms with Crippen molar-refractivity contribution in [2.24, 2.45) is 29.6 Å². The molecule has 26 atom stereocenters. The van der Waals surface area contributed by atoms with Crippen molar-refractivity contribution in [1.29, 1.82) is 0 Å². The van der Waals surface area contributed by atoms with E-state index in [9.17, 15) is 19.2 Å². The third kappa shape index (κ3) is 27.2. The molecule has 0 aromatic rings. The molecule has 3 amide bonds. The Morgan fingerprint density at radius 1 is 0.457 bits per heavy atom. The summed E-state index contributed by atoms with van der Waals surface area (Å²) in [5, 5.41) is 2.36. The average molecular weight is 1530 g/mol. The van der Waals surface area contributed by atoms with Crippen LogP contribution in [0.5, 0.6) is 0 Å². The van der Waals surface area contributed by atoms with Gasteiger partial charge in [0, 0.05) is 99.7 Å². The third-order valence-electron chi connectivity index (χ3n) is 21.3. The molecular weight excluding hydrogens is 1390 g/mol. The first-order chi connectivity index (χ1) is 50.8. The number of ether oxygens (including phenoxy) is 23. The first-order valence-corrected chi connectivity index (χ1v) is 39.7. The van der Waals surface area contributed by atoms with Crippen LogP contribution in [0.15, 0.2) is 0 Å². The van der Waals surface area contributed by atoms with Gasteiger partial charge in [-0.3, -0.25) is 24.1 Å². The number of unbranched alkanes of at least 4 members (excludes halogenated alkanes) is 1. The lowest BCUT2D eigenvalue weighted by Gasteiger charge is -2.52. The summed E-state index contributed by atoms with van der Waals surface area (Å²) < 4.78 is 143. The van der Waals surface area contributed by atoms with Gasteiger partial charge in [-0.2, -0.15) is 0 Å². The largest absolute Gasteiger partial charge is 0.378 e. The molecule has 6 fully saturated rings. The second-order valence-corrected chi connectivity index (χ2v) is 29.5. The van der Waals surface area contributed by atoms with E-state index < -0.39 is 85.2 Å². The van der Waals surface area contributed by atoms with Crippen LogP contribution in [-0.4, -0.2) is 324 Å². The van der Waals surface area contributed by atoms with Crippen LogP contribution >= 0.6 is 11.8 Å². The lowest BCUT2D eigenvalue weighted by Crippen LogP contribution is -2.64. The first kappa shape index (κ1) is 91.6. The number of amides is 3. The molecule has 0 radical (unpaired) electrons. The summed E-state index contributed by atoms with van der Waals surface area (Å²) in [4.78, 5) is 50.5. The standard InChI is InChI=1S/C75H134N2O27S/c1-18-22-24-52(78)25-23-27-77-59(80)44-57(71(77)81)105-42-41-94-36-35-91-31-32-92-37-38-95-45-58(79)76-26-28-89-29-30-90-33-34-93-39-40-96-65-55(21-4)101-75(70(87-16)68(65)85-14)102-60-46(5)43-56(64(82-11)66(60)83-12)98-61-48(7)50(9)73(100-53(61)19-2)104-63-51(10)97-74(69(86-15)67(63)84-13)103-62-47(6)49(8)72(88-17)99-54(62)20-3/h46-51,53-57,60-70,72-75H,18-45H2,1-17H3,(H,76,79)/t46-,47+,48+,49+,50+,51-,53+,54+,55+,56+,57?,60+,61-,62-,63+,64-,65+,66-,67-,68-,69+,70+,72-,73+,74-,75+/m0/s1. The smallest absolute Gasteiger partial charge is 0.246 e. The molecule has 612 valence electrons. The van der Waals surface area contributed by atoms with Gasteiger partial charge >= 0.3 is 0 Å². The van der Waals surface area contributed by atoms with Crippen LogP contribution in [0.4, 0.5) is 0 Å². The number of Topliss-reactive ketones (excluding diaryl/α,β-unsaturated/α-hetero) is 1. The van der Waals surface area contributed by atoms with Gasteiger partial charge < -0.3 is 114 Å². The van der Waals surface area contributed by atoms with Crippen LogP contribution < -0.4 is 5.32 Å². The van der Waals surface area contributed by atoms with E-state index in [0.717, 1.165) is 19.3 Å². The SMILES string of the molecule is CCCCC(=O)CCCN1C(=O)CC(SCCOCCOCCOCCOCC(=O)NCCOCCOCCOCCO[C@H]2[C@H](OC)[C@@H](OC)[C@@H](O[C@H]3[C@H](OC)[C@@H](OC)[C@H](O[C@H]4[C@H](C)[C@@H](C)[C@@H](O[C@H]5[C@H](OC)[C@@H](OC)[C@H](O[C@H]6[C@H](C)[C@@H](C)[C@@H](OC)O[C@@H]6CC)O[C@H]5C)O[C@@H]4CC)C[C@@H]3C)O[C@@H]2CC)C1=O. The molecule has 1 aliphatic carbocycles. The summed E-state index contributed by atoms with van der Waals surface area (Å²) in [6, 6.07) is 0. The topological polar surface area (TPSA) is 296 Å². The van der Waals surface area contributed by atoms with Gasteiger partial charge in [-0.05, 0) is 63.2 Å². The molecule has 30 heteroatoms. The molecule has 1 saturated carbocycles. The Kier molecular flexibility index (Phi) is 43.6. The van der Waals surface area contributed by atoms with Crippen molar-refractivity contribution in [3.05, 3.63) is 0 Å². The zero-order valence-corrected chi connectivity index (χ0v) is 67.0. The molecular formula is C75H134N2O27S. The minimum Gasteiger partial charge on any atom is -0.378 e. The molecule has 0 bridgehead atoms. The fourth-order valence-corrected chi connectivity index (χ4v) is 15.9. The number of ketones is 1. The second kappa shape index (κ2) is 49.9. The summed E-state index contributed by atoms with van der Waals surface area (Å²) in [7, 11) is 11.6. The van der Waals surface area contributed by atoms with Crippen LogP contribution in [0.1, 0.15) is 133 Å². The molecule has 5 heterocycles. The number of methoxy groups -OCH3 is 7. The van der Waals surface area contributed by atoms with Crippen LogP contribution in [-0.2, 0) is 128 Å². The van der Waals surface area contributed by atoms with Gasteiger partial charge in [0.2, 0.25) is 17.7 Å². The lowest BCUT2D eigenvalue weighted by atomic mass is 9.79. The van der Waals surface area contributed by atoms with Gasteiger partial charge in [0.05, 0.1) is 147 Å². The molecule has 1 N–H and O–H groups in total. The normalized spacial score (nSPS) is 35.4. The van der Waals surface area contributed by atoms with Crippen molar-refractivity contribution in [2.45, 2.75) is 262 Å². The Hall–Kier alpha value is -2.29. The molecule has 29 nitrogen and oxygen atoms in total. The highest BCUT2D eigenvalue weighted by atomic mass is 32.2. The van der Waals surface area contributed by atoms with Crippen molar-refractivity contribution < 1.29 is 128 Å². The number of nitrogens with one attached hydrogen (secondary N) is 1. The molecule has 5 aliphatic heterocycles. The summed E-state index contributed by atoms with van der Waals surface area (Å²) in [6.07, 6.45) is -3.46. The first-order valence-electron chi connectivity index (χ1n) is 38.7. The highest BCUT2D eigenvalue weighted by Crippen LogP contribution is 2.44. The maximum Gasteiger partial charge on any atom is 0.246 e. The van der Waals surface area contributed by atoms with E-state index in [4.69, 9.17) is 109 Å². The highest BCUT2D eigenvalue weighted by molar-refractivity contribution is 8.00. The van der Waals surface area contributed by atoms with Crippen LogP contribution in [0, 0.1) is 29.6 Å². The van der Waals surface area contributed by atoms with Gasteiger partial charge in [-0.1, -0.05) is 68.7 Å². The Bertz CT molecular complexity index is 2400. The van der Waals surface area contributed by atoms with E-state index in [2.05, 4.69) is 53.8 Å². The average Bonchev–Trinajstić information content (AvgIpc) is 1.19. The minimum atomic E-state index is -0.822. The number of hydrogen-bond acceptors (Lipinski definition) is 28. The molecule has 0 spiro atoms. The van der Waals surface area contributed by atoms with Crippen molar-refractivity contribution >= 4 is 35.3 Å². The molecule has 6 aliphatic rings. The van der Waals surface area contributed by atoms with E-state index in [0.29, 0.717) is 137 Å². The Morgan fingerprint density at radius 3 is 1.48 bits per heavy atom. The van der Waals surface area contributed by atoms with Crippen LogP contribution in [0.3, 0.4) is 0 Å². The Balaban J connectivity index is 0.805. The number of thioether (sulfide) groups is 1. The van der Waals surface area contributed by atoms with E-state index in [1.807, 2.05) is 20.8 Å². The Morgan fingerprint density at radius 2 is 0.914 bits per heavy atom. The predicted octanol–water partition coefficient (Wildman–Crippen LogP) is 6.38. The zero-order valence-electron chi connectivity index (χ0n) is 66.2. The summed E-state index contributed by atoms with van der Waals surface area (Å²) in [6.45, 7) is 26.4. The number of likely N-dealkylation sites (tertiary alicyclic amines) is 1. The quantitative estimate of drug-likeness (QED) is 0.0510. The monoisotopic (exact) mass is 1530 g/mol. The molecule has 5 saturated heterocycles.